The summed E-state index contributed by atoms with van der Waals surface area (Å²) >= 11 is 7.18. The van der Waals surface area contributed by atoms with Gasteiger partial charge in [0, 0.05) is 35.0 Å². The van der Waals surface area contributed by atoms with Gasteiger partial charge in [0.15, 0.2) is 6.10 Å². The Bertz CT molecular complexity index is 3230. The van der Waals surface area contributed by atoms with Crippen molar-refractivity contribution in [1.82, 2.24) is 41.9 Å². The summed E-state index contributed by atoms with van der Waals surface area (Å²) in [4.78, 5) is 114. The van der Waals surface area contributed by atoms with E-state index in [1.807, 2.05) is 6.07 Å². The Morgan fingerprint density at radius 3 is 1.55 bits per heavy atom. The number of rotatable bonds is 25. The molecule has 5 atom stereocenters. The number of pyridine rings is 1. The number of nitrogens with two attached hydrogens (primary N) is 1. The lowest BCUT2D eigenvalue weighted by atomic mass is 9.97. The van der Waals surface area contributed by atoms with E-state index in [1.54, 1.807) is 119 Å². The predicted octanol–water partition coefficient (Wildman–Crippen LogP) is 8.13. The van der Waals surface area contributed by atoms with Gasteiger partial charge in [0.2, 0.25) is 17.7 Å². The lowest BCUT2D eigenvalue weighted by Crippen LogP contribution is -2.53. The number of halogens is 1. The van der Waals surface area contributed by atoms with Crippen LogP contribution in [-0.4, -0.2) is 137 Å². The molecule has 0 radical (unpaired) electrons. The molecule has 0 aliphatic rings. The zero-order valence-electron chi connectivity index (χ0n) is 52.2. The van der Waals surface area contributed by atoms with Crippen molar-refractivity contribution in [2.75, 3.05) is 32.0 Å². The second-order valence-corrected chi connectivity index (χ2v) is 25.3. The molecule has 0 fully saturated rings. The fourth-order valence-corrected chi connectivity index (χ4v) is 8.47. The molecular formula is C60H78ClN11O16S. The highest BCUT2D eigenvalue weighted by Crippen LogP contribution is 2.37. The SMILES string of the molecule is CC(NC(=O)C(CCNC(=O)OC(C)(C)C)NC(=O)OC(C)(C)C)C(=O)OCC(COc1ccc(-c2c(C#N)c(N)nc(SCc3coc(-c4ccc(Cl)cc4)n3)c2C#N)cc1)OC(=O)C(C)NC(=O)C(CCNC(=O)OC(C)(C)C)NC(=O)OC(C)(C)C. The fourth-order valence-electron chi connectivity index (χ4n) is 7.47. The number of benzene rings is 2. The number of alkyl carbamates (subject to hydrolysis) is 4. The third-order valence-corrected chi connectivity index (χ3v) is 12.6. The molecule has 29 heteroatoms. The maximum atomic E-state index is 13.9. The van der Waals surface area contributed by atoms with Gasteiger partial charge in [0.05, 0.1) is 11.3 Å². The molecule has 89 heavy (non-hydrogen) atoms. The number of thioether (sulfide) groups is 1. The first-order valence-corrected chi connectivity index (χ1v) is 29.4. The van der Waals surface area contributed by atoms with Crippen LogP contribution in [-0.2, 0) is 53.4 Å². The normalized spacial score (nSPS) is 13.2. The van der Waals surface area contributed by atoms with Crippen molar-refractivity contribution in [2.24, 2.45) is 0 Å². The van der Waals surface area contributed by atoms with E-state index in [4.69, 9.17) is 54.9 Å². The molecule has 0 aliphatic carbocycles. The number of nitrogen functional groups attached to an aromatic ring is 1. The van der Waals surface area contributed by atoms with E-state index in [0.29, 0.717) is 27.7 Å². The maximum Gasteiger partial charge on any atom is 0.408 e. The molecule has 0 saturated carbocycles. The van der Waals surface area contributed by atoms with Crippen LogP contribution in [0.5, 0.6) is 5.75 Å². The number of aromatic nitrogens is 2. The number of carbonyl (C=O) groups is 8. The lowest BCUT2D eigenvalue weighted by Gasteiger charge is -2.26. The third-order valence-electron chi connectivity index (χ3n) is 11.3. The van der Waals surface area contributed by atoms with E-state index in [0.717, 1.165) is 11.8 Å². The highest BCUT2D eigenvalue weighted by Gasteiger charge is 2.32. The van der Waals surface area contributed by atoms with Gasteiger partial charge in [-0.3, -0.25) is 9.59 Å². The average Bonchev–Trinajstić information content (AvgIpc) is 3.97. The van der Waals surface area contributed by atoms with Crippen molar-refractivity contribution in [3.63, 3.8) is 0 Å². The third kappa shape index (κ3) is 25.7. The predicted molar refractivity (Wildman–Crippen MR) is 326 cm³/mol. The van der Waals surface area contributed by atoms with Crippen LogP contribution in [0.25, 0.3) is 22.6 Å². The minimum atomic E-state index is -1.44. The zero-order chi connectivity index (χ0) is 66.6. The van der Waals surface area contributed by atoms with Gasteiger partial charge in [0.1, 0.15) is 100 Å². The summed E-state index contributed by atoms with van der Waals surface area (Å²) in [5.41, 5.74) is 4.49. The molecule has 4 rings (SSSR count). The van der Waals surface area contributed by atoms with Crippen LogP contribution >= 0.6 is 23.4 Å². The van der Waals surface area contributed by atoms with Crippen LogP contribution in [0.1, 0.15) is 127 Å². The van der Waals surface area contributed by atoms with Crippen molar-refractivity contribution >= 4 is 77.3 Å². The number of nitriles is 2. The zero-order valence-corrected chi connectivity index (χ0v) is 53.8. The molecule has 2 aromatic carbocycles. The van der Waals surface area contributed by atoms with E-state index >= 15 is 0 Å². The molecule has 8 N–H and O–H groups in total. The van der Waals surface area contributed by atoms with Crippen molar-refractivity contribution < 1.29 is 75.9 Å². The van der Waals surface area contributed by atoms with E-state index in [1.165, 1.54) is 32.2 Å². The van der Waals surface area contributed by atoms with Crippen molar-refractivity contribution in [3.8, 4) is 40.5 Å². The Morgan fingerprint density at radius 2 is 1.08 bits per heavy atom. The van der Waals surface area contributed by atoms with Gasteiger partial charge in [-0.1, -0.05) is 35.5 Å². The van der Waals surface area contributed by atoms with Crippen LogP contribution in [0.4, 0.5) is 25.0 Å². The van der Waals surface area contributed by atoms with Gasteiger partial charge in [-0.05, 0) is 152 Å². The highest BCUT2D eigenvalue weighted by atomic mass is 35.5. The molecule has 2 heterocycles. The van der Waals surface area contributed by atoms with Crippen LogP contribution in [0.15, 0.2) is 64.2 Å². The molecule has 0 aliphatic heterocycles. The summed E-state index contributed by atoms with van der Waals surface area (Å²) in [7, 11) is 0. The number of esters is 2. The first kappa shape index (κ1) is 72.5. The van der Waals surface area contributed by atoms with Crippen LogP contribution in [0.2, 0.25) is 5.02 Å². The summed E-state index contributed by atoms with van der Waals surface area (Å²) in [6, 6.07) is 11.6. The number of anilines is 1. The van der Waals surface area contributed by atoms with Gasteiger partial charge in [0.25, 0.3) is 0 Å². The summed E-state index contributed by atoms with van der Waals surface area (Å²) < 4.78 is 44.2. The van der Waals surface area contributed by atoms with Crippen LogP contribution in [0, 0.1) is 22.7 Å². The van der Waals surface area contributed by atoms with Gasteiger partial charge in [-0.25, -0.2) is 38.7 Å². The number of ether oxygens (including phenoxy) is 7. The second kappa shape index (κ2) is 32.3. The molecule has 2 aromatic heterocycles. The van der Waals surface area contributed by atoms with Crippen LogP contribution in [0.3, 0.4) is 0 Å². The number of oxazole rings is 1. The lowest BCUT2D eigenvalue weighted by molar-refractivity contribution is -0.163. The van der Waals surface area contributed by atoms with E-state index in [-0.39, 0.29) is 65.0 Å². The van der Waals surface area contributed by atoms with Gasteiger partial charge in [-0.2, -0.15) is 10.5 Å². The minimum Gasteiger partial charge on any atom is -0.490 e. The first-order valence-electron chi connectivity index (χ1n) is 28.0. The number of amides is 6. The van der Waals surface area contributed by atoms with Gasteiger partial charge < -0.3 is 75.2 Å². The quantitative estimate of drug-likeness (QED) is 0.0187. The monoisotopic (exact) mass is 1280 g/mol. The molecule has 0 bridgehead atoms. The van der Waals surface area contributed by atoms with Crippen molar-refractivity contribution in [3.05, 3.63) is 76.6 Å². The summed E-state index contributed by atoms with van der Waals surface area (Å²) in [6.07, 6.45) is -3.83. The molecule has 0 saturated heterocycles. The number of hydrogen-bond acceptors (Lipinski definition) is 22. The Kier molecular flexibility index (Phi) is 26.3. The number of hydrogen-bond donors (Lipinski definition) is 7. The van der Waals surface area contributed by atoms with Crippen molar-refractivity contribution in [2.45, 2.75) is 173 Å². The Hall–Kier alpha value is -9.02. The Labute approximate surface area is 525 Å². The fraction of sp³-hybridized carbons (Fsp3) is 0.500. The molecule has 0 spiro atoms. The number of nitrogens with zero attached hydrogens (tertiary/aromatic N) is 4. The first-order chi connectivity index (χ1) is 41.4. The average molecular weight is 1280 g/mol. The van der Waals surface area contributed by atoms with Gasteiger partial charge >= 0.3 is 36.3 Å². The summed E-state index contributed by atoms with van der Waals surface area (Å²) in [6.45, 7) is 20.7. The standard InChI is InChI=1S/C60H78ClN11O16S/c1-33(67-47(73)43(70-55(79)87-59(9,10)11)23-25-65-53(77)85-57(3,4)5)51(75)83-31-40(84-52(76)34(2)68-48(74)44(71-56(80)88-60(12,13)14)24-26-66-54(78)86-58(6,7)8)30-81-39-21-17-35(18-22-39)45-41(27-62)46(64)72-50(42(45)28-63)89-32-38-29-82-49(69-38)36-15-19-37(61)20-16-36/h15-22,29,33-34,40,43-44H,23-26,30-32H2,1-14H3,(H2,64,72)(H,65,77)(H,66,78)(H,67,73)(H,68,74)(H,70,79)(H,71,80). The van der Waals surface area contributed by atoms with Crippen molar-refractivity contribution in [1.29, 1.82) is 10.5 Å². The number of nitrogens with one attached hydrogen (secondary N) is 6. The largest absolute Gasteiger partial charge is 0.490 e. The van der Waals surface area contributed by atoms with E-state index in [2.05, 4.69) is 47.9 Å². The molecule has 4 aromatic rings. The number of carbonyl (C=O) groups excluding carboxylic acids is 8. The molecule has 482 valence electrons. The Morgan fingerprint density at radius 1 is 0.618 bits per heavy atom. The maximum absolute atomic E-state index is 13.9. The smallest absolute Gasteiger partial charge is 0.408 e. The molecule has 5 unspecified atom stereocenters. The molecule has 6 amide bonds. The minimum absolute atomic E-state index is 0.0469. The highest BCUT2D eigenvalue weighted by molar-refractivity contribution is 7.98. The molecule has 27 nitrogen and oxygen atoms in total. The van der Waals surface area contributed by atoms with E-state index in [9.17, 15) is 48.9 Å². The Balaban J connectivity index is 1.58. The van der Waals surface area contributed by atoms with Crippen LogP contribution < -0.4 is 42.4 Å². The molecular weight excluding hydrogens is 1200 g/mol. The summed E-state index contributed by atoms with van der Waals surface area (Å²) in [5, 5.41) is 36.4. The van der Waals surface area contributed by atoms with Gasteiger partial charge in [-0.15, -0.1) is 0 Å². The second-order valence-electron chi connectivity index (χ2n) is 23.9. The summed E-state index contributed by atoms with van der Waals surface area (Å²) in [5.74, 6) is -3.28. The topological polar surface area (TPSA) is 386 Å². The van der Waals surface area contributed by atoms with E-state index < -0.39 is 114 Å².